The van der Waals surface area contributed by atoms with Crippen molar-refractivity contribution in [2.45, 2.75) is 13.8 Å². The largest absolute Gasteiger partial charge is 0.354 e. The highest BCUT2D eigenvalue weighted by atomic mass is 31.2. The fourth-order valence-electron chi connectivity index (χ4n) is 3.75. The Morgan fingerprint density at radius 2 is 1.67 bits per heavy atom. The molecule has 3 aromatic carbocycles. The normalized spacial score (nSPS) is 12.1. The first-order chi connectivity index (χ1) is 15.9. The number of aromatic nitrogens is 1. The second-order valence-corrected chi connectivity index (χ2v) is 9.17. The molecule has 168 valence electrons. The van der Waals surface area contributed by atoms with Crippen molar-refractivity contribution in [2.75, 3.05) is 13.2 Å². The lowest BCUT2D eigenvalue weighted by atomic mass is 9.95. The van der Waals surface area contributed by atoms with E-state index in [2.05, 4.69) is 0 Å². The van der Waals surface area contributed by atoms with E-state index in [0.717, 1.165) is 16.3 Å². The minimum Gasteiger partial charge on any atom is -0.306 e. The van der Waals surface area contributed by atoms with E-state index in [0.29, 0.717) is 22.2 Å². The van der Waals surface area contributed by atoms with Crippen LogP contribution in [0.5, 0.6) is 0 Å². The van der Waals surface area contributed by atoms with E-state index in [9.17, 15) is 14.7 Å². The van der Waals surface area contributed by atoms with Gasteiger partial charge in [0.25, 0.3) is 5.69 Å². The van der Waals surface area contributed by atoms with Crippen LogP contribution < -0.4 is 0 Å². The molecule has 0 N–H and O–H groups in total. The molecule has 1 aromatic heterocycles. The predicted octanol–water partition coefficient (Wildman–Crippen LogP) is 7.20. The van der Waals surface area contributed by atoms with Crippen LogP contribution in [0.25, 0.3) is 38.9 Å². The summed E-state index contributed by atoms with van der Waals surface area (Å²) in [5.41, 5.74) is 2.65. The van der Waals surface area contributed by atoms with Gasteiger partial charge in [-0.2, -0.15) is 0 Å². The van der Waals surface area contributed by atoms with Crippen molar-refractivity contribution >= 4 is 41.0 Å². The number of hydrogen-bond donors (Lipinski definition) is 0. The van der Waals surface area contributed by atoms with Crippen molar-refractivity contribution in [1.82, 2.24) is 4.98 Å². The van der Waals surface area contributed by atoms with Crippen LogP contribution in [-0.2, 0) is 13.6 Å². The van der Waals surface area contributed by atoms with Gasteiger partial charge in [-0.1, -0.05) is 48.5 Å². The summed E-state index contributed by atoms with van der Waals surface area (Å²) >= 11 is 0. The second kappa shape index (κ2) is 9.63. The topological polar surface area (TPSA) is 91.6 Å². The highest BCUT2D eigenvalue weighted by Gasteiger charge is 2.20. The van der Waals surface area contributed by atoms with Gasteiger partial charge in [0.15, 0.2) is 0 Å². The van der Waals surface area contributed by atoms with Gasteiger partial charge in [-0.3, -0.25) is 14.7 Å². The quantitative estimate of drug-likeness (QED) is 0.156. The molecule has 1 heterocycles. The molecule has 0 atom stereocenters. The van der Waals surface area contributed by atoms with Crippen LogP contribution >= 0.6 is 7.60 Å². The molecule has 0 spiro atoms. The fourth-order valence-corrected chi connectivity index (χ4v) is 5.05. The zero-order valence-corrected chi connectivity index (χ0v) is 19.2. The summed E-state index contributed by atoms with van der Waals surface area (Å²) in [7, 11) is -3.38. The van der Waals surface area contributed by atoms with Gasteiger partial charge in [-0.05, 0) is 42.3 Å². The van der Waals surface area contributed by atoms with Crippen molar-refractivity contribution < 1.29 is 18.5 Å². The maximum Gasteiger partial charge on any atom is 0.354 e. The first-order valence-electron chi connectivity index (χ1n) is 10.6. The van der Waals surface area contributed by atoms with Gasteiger partial charge in [0.05, 0.1) is 29.3 Å². The SMILES string of the molecule is CCOP(=O)(/C=C/c1ccc2cc([N+](=O)[O-])cc(-c3cccc4ccccc34)c2n1)OCC. The third-order valence-electron chi connectivity index (χ3n) is 5.14. The molecule has 0 fully saturated rings. The Labute approximate surface area is 191 Å². The number of non-ortho nitro benzene ring substituents is 1. The summed E-state index contributed by atoms with van der Waals surface area (Å²) in [4.78, 5) is 15.9. The standard InChI is InChI=1S/C25H23N2O5P/c1-3-31-33(30,32-4-2)15-14-20-13-12-19-16-21(27(28)29)17-24(25(19)26-20)23-11-7-9-18-8-5-6-10-22(18)23/h5-17H,3-4H2,1-2H3/b15-14+. The summed E-state index contributed by atoms with van der Waals surface area (Å²) in [6.07, 6.45) is 1.60. The highest BCUT2D eigenvalue weighted by Crippen LogP contribution is 2.50. The van der Waals surface area contributed by atoms with Gasteiger partial charge in [-0.15, -0.1) is 0 Å². The van der Waals surface area contributed by atoms with Gasteiger partial charge in [0, 0.05) is 28.9 Å². The van der Waals surface area contributed by atoms with Crippen LogP contribution in [0.4, 0.5) is 5.69 Å². The Bertz CT molecular complexity index is 1400. The molecular weight excluding hydrogens is 439 g/mol. The third kappa shape index (κ3) is 4.86. The van der Waals surface area contributed by atoms with Crippen LogP contribution in [0, 0.1) is 10.1 Å². The van der Waals surface area contributed by atoms with E-state index >= 15 is 0 Å². The van der Waals surface area contributed by atoms with Crippen molar-refractivity contribution in [3.05, 3.63) is 88.4 Å². The van der Waals surface area contributed by atoms with E-state index in [1.165, 1.54) is 11.9 Å². The van der Waals surface area contributed by atoms with Gasteiger partial charge < -0.3 is 9.05 Å². The van der Waals surface area contributed by atoms with E-state index in [4.69, 9.17) is 14.0 Å². The van der Waals surface area contributed by atoms with Gasteiger partial charge >= 0.3 is 7.60 Å². The third-order valence-corrected chi connectivity index (χ3v) is 6.89. The zero-order chi connectivity index (χ0) is 23.4. The molecule has 33 heavy (non-hydrogen) atoms. The minimum absolute atomic E-state index is 0.00674. The lowest BCUT2D eigenvalue weighted by molar-refractivity contribution is -0.384. The molecule has 0 aliphatic heterocycles. The molecule has 0 saturated heterocycles. The number of nitrogens with zero attached hydrogens (tertiary/aromatic N) is 2. The molecule has 0 bridgehead atoms. The number of nitro benzene ring substituents is 1. The van der Waals surface area contributed by atoms with E-state index in [1.807, 2.05) is 42.5 Å². The van der Waals surface area contributed by atoms with Crippen molar-refractivity contribution in [2.24, 2.45) is 0 Å². The van der Waals surface area contributed by atoms with Crippen molar-refractivity contribution in [1.29, 1.82) is 0 Å². The Balaban J connectivity index is 1.91. The second-order valence-electron chi connectivity index (χ2n) is 7.28. The lowest BCUT2D eigenvalue weighted by Crippen LogP contribution is -1.94. The first kappa shape index (κ1) is 22.8. The Morgan fingerprint density at radius 1 is 0.939 bits per heavy atom. The van der Waals surface area contributed by atoms with Crippen molar-refractivity contribution in [3.63, 3.8) is 0 Å². The maximum absolute atomic E-state index is 12.8. The molecule has 4 aromatic rings. The molecule has 0 aliphatic rings. The zero-order valence-electron chi connectivity index (χ0n) is 18.3. The molecule has 0 unspecified atom stereocenters. The average molecular weight is 462 g/mol. The van der Waals surface area contributed by atoms with E-state index in [-0.39, 0.29) is 18.9 Å². The number of hydrogen-bond acceptors (Lipinski definition) is 6. The van der Waals surface area contributed by atoms with Gasteiger partial charge in [0.1, 0.15) is 0 Å². The van der Waals surface area contributed by atoms with Gasteiger partial charge in [-0.25, -0.2) is 4.98 Å². The van der Waals surface area contributed by atoms with Crippen LogP contribution in [0.1, 0.15) is 19.5 Å². The van der Waals surface area contributed by atoms with E-state index < -0.39 is 12.5 Å². The summed E-state index contributed by atoms with van der Waals surface area (Å²) in [6.45, 7) is 4.00. The first-order valence-corrected chi connectivity index (χ1v) is 12.2. The summed E-state index contributed by atoms with van der Waals surface area (Å²) in [5.74, 6) is 1.40. The fraction of sp³-hybridized carbons (Fsp3) is 0.160. The van der Waals surface area contributed by atoms with Crippen LogP contribution in [0.15, 0.2) is 72.5 Å². The van der Waals surface area contributed by atoms with E-state index in [1.54, 1.807) is 38.1 Å². The molecule has 7 nitrogen and oxygen atoms in total. The Kier molecular flexibility index (Phi) is 6.65. The number of fused-ring (bicyclic) bond motifs is 2. The average Bonchev–Trinajstić information content (AvgIpc) is 2.82. The molecule has 4 rings (SSSR count). The summed E-state index contributed by atoms with van der Waals surface area (Å²) in [5, 5.41) is 14.3. The number of pyridine rings is 1. The predicted molar refractivity (Wildman–Crippen MR) is 131 cm³/mol. The Morgan fingerprint density at radius 3 is 2.39 bits per heavy atom. The summed E-state index contributed by atoms with van der Waals surface area (Å²) < 4.78 is 23.4. The Hall–Kier alpha value is -3.38. The molecule has 0 aliphatic carbocycles. The minimum atomic E-state index is -3.38. The van der Waals surface area contributed by atoms with Crippen LogP contribution in [0.3, 0.4) is 0 Å². The number of rotatable bonds is 8. The van der Waals surface area contributed by atoms with Gasteiger partial charge in [0.2, 0.25) is 0 Å². The van der Waals surface area contributed by atoms with Crippen LogP contribution in [0.2, 0.25) is 0 Å². The highest BCUT2D eigenvalue weighted by molar-refractivity contribution is 7.57. The lowest BCUT2D eigenvalue weighted by Gasteiger charge is -2.13. The summed E-state index contributed by atoms with van der Waals surface area (Å²) in [6, 6.07) is 20.3. The molecule has 0 saturated carbocycles. The maximum atomic E-state index is 12.8. The molecular formula is C25H23N2O5P. The molecule has 0 amide bonds. The monoisotopic (exact) mass is 462 g/mol. The molecule has 0 radical (unpaired) electrons. The smallest absolute Gasteiger partial charge is 0.306 e. The van der Waals surface area contributed by atoms with Crippen LogP contribution in [-0.4, -0.2) is 23.1 Å². The molecule has 8 heteroatoms. The number of benzene rings is 3. The van der Waals surface area contributed by atoms with Crippen molar-refractivity contribution in [3.8, 4) is 11.1 Å². The number of nitro groups is 1.